The van der Waals surface area contributed by atoms with E-state index in [2.05, 4.69) is 0 Å². The molecule has 0 heterocycles. The average Bonchev–Trinajstić information content (AvgIpc) is 2.15. The SMILES string of the molecule is CC1(C(N)=O)CCCCCC1. The number of primary amides is 1. The van der Waals surface area contributed by atoms with Gasteiger partial charge in [0.2, 0.25) is 5.91 Å². The number of nitrogens with two attached hydrogens (primary N) is 1. The molecule has 11 heavy (non-hydrogen) atoms. The van der Waals surface area contributed by atoms with E-state index in [1.165, 1.54) is 25.7 Å². The average molecular weight is 155 g/mol. The molecule has 64 valence electrons. The highest BCUT2D eigenvalue weighted by Crippen LogP contribution is 2.33. The van der Waals surface area contributed by atoms with Crippen molar-refractivity contribution in [3.63, 3.8) is 0 Å². The van der Waals surface area contributed by atoms with Crippen LogP contribution in [0.2, 0.25) is 0 Å². The van der Waals surface area contributed by atoms with E-state index in [0.717, 1.165) is 12.8 Å². The van der Waals surface area contributed by atoms with Gasteiger partial charge in [-0.05, 0) is 12.8 Å². The Morgan fingerprint density at radius 2 is 1.64 bits per heavy atom. The Bertz CT molecular complexity index is 146. The van der Waals surface area contributed by atoms with Gasteiger partial charge in [0.05, 0.1) is 0 Å². The standard InChI is InChI=1S/C9H17NO/c1-9(8(10)11)6-4-2-3-5-7-9/h2-7H2,1H3,(H2,10,11). The maximum atomic E-state index is 11.1. The highest BCUT2D eigenvalue weighted by Gasteiger charge is 2.30. The van der Waals surface area contributed by atoms with E-state index in [0.29, 0.717) is 0 Å². The lowest BCUT2D eigenvalue weighted by atomic mass is 9.82. The Hall–Kier alpha value is -0.530. The molecule has 1 saturated carbocycles. The Labute approximate surface area is 68.2 Å². The van der Waals surface area contributed by atoms with Gasteiger partial charge < -0.3 is 5.73 Å². The Morgan fingerprint density at radius 3 is 2.00 bits per heavy atom. The number of rotatable bonds is 1. The van der Waals surface area contributed by atoms with E-state index in [4.69, 9.17) is 5.73 Å². The molecule has 0 bridgehead atoms. The van der Waals surface area contributed by atoms with Crippen LogP contribution in [0.4, 0.5) is 0 Å². The molecule has 1 rings (SSSR count). The van der Waals surface area contributed by atoms with Crippen LogP contribution in [0.5, 0.6) is 0 Å². The number of carbonyl (C=O) groups is 1. The first-order valence-electron chi connectivity index (χ1n) is 4.45. The first-order valence-corrected chi connectivity index (χ1v) is 4.45. The number of hydrogen-bond acceptors (Lipinski definition) is 1. The summed E-state index contributed by atoms with van der Waals surface area (Å²) in [6, 6.07) is 0. The summed E-state index contributed by atoms with van der Waals surface area (Å²) < 4.78 is 0. The lowest BCUT2D eigenvalue weighted by Crippen LogP contribution is -2.33. The lowest BCUT2D eigenvalue weighted by Gasteiger charge is -2.23. The predicted octanol–water partition coefficient (Wildman–Crippen LogP) is 1.83. The van der Waals surface area contributed by atoms with Crippen LogP contribution in [-0.4, -0.2) is 5.91 Å². The van der Waals surface area contributed by atoms with E-state index in [1.54, 1.807) is 0 Å². The Kier molecular flexibility index (Phi) is 2.53. The van der Waals surface area contributed by atoms with Gasteiger partial charge in [0.25, 0.3) is 0 Å². The van der Waals surface area contributed by atoms with Gasteiger partial charge in [-0.25, -0.2) is 0 Å². The minimum Gasteiger partial charge on any atom is -0.369 e. The van der Waals surface area contributed by atoms with Gasteiger partial charge in [-0.1, -0.05) is 32.6 Å². The number of hydrogen-bond donors (Lipinski definition) is 1. The third-order valence-electron chi connectivity index (χ3n) is 2.80. The van der Waals surface area contributed by atoms with Crippen LogP contribution < -0.4 is 5.73 Å². The largest absolute Gasteiger partial charge is 0.369 e. The zero-order valence-electron chi connectivity index (χ0n) is 7.23. The Balaban J connectivity index is 2.59. The minimum atomic E-state index is -0.198. The fourth-order valence-electron chi connectivity index (χ4n) is 1.76. The van der Waals surface area contributed by atoms with Crippen LogP contribution in [-0.2, 0) is 4.79 Å². The lowest BCUT2D eigenvalue weighted by molar-refractivity contribution is -0.127. The normalized spacial score (nSPS) is 24.1. The highest BCUT2D eigenvalue weighted by molar-refractivity contribution is 5.80. The van der Waals surface area contributed by atoms with E-state index in [9.17, 15) is 4.79 Å². The zero-order chi connectivity index (χ0) is 8.32. The third kappa shape index (κ3) is 1.95. The van der Waals surface area contributed by atoms with Crippen molar-refractivity contribution in [1.29, 1.82) is 0 Å². The van der Waals surface area contributed by atoms with Crippen molar-refractivity contribution in [2.75, 3.05) is 0 Å². The van der Waals surface area contributed by atoms with Gasteiger partial charge in [-0.15, -0.1) is 0 Å². The molecule has 1 aliphatic carbocycles. The van der Waals surface area contributed by atoms with Gasteiger partial charge in [-0.3, -0.25) is 4.79 Å². The van der Waals surface area contributed by atoms with Crippen LogP contribution in [0.1, 0.15) is 45.4 Å². The van der Waals surface area contributed by atoms with E-state index < -0.39 is 0 Å². The van der Waals surface area contributed by atoms with Crippen LogP contribution in [0.3, 0.4) is 0 Å². The summed E-state index contributed by atoms with van der Waals surface area (Å²) in [7, 11) is 0. The summed E-state index contributed by atoms with van der Waals surface area (Å²) in [5, 5.41) is 0. The first kappa shape index (κ1) is 8.57. The minimum absolute atomic E-state index is 0.112. The summed E-state index contributed by atoms with van der Waals surface area (Å²) >= 11 is 0. The van der Waals surface area contributed by atoms with Crippen LogP contribution in [0, 0.1) is 5.41 Å². The fourth-order valence-corrected chi connectivity index (χ4v) is 1.76. The van der Waals surface area contributed by atoms with Gasteiger partial charge in [0, 0.05) is 5.41 Å². The molecule has 0 aromatic heterocycles. The molecular formula is C9H17NO. The maximum absolute atomic E-state index is 11.1. The van der Waals surface area contributed by atoms with Crippen LogP contribution >= 0.6 is 0 Å². The van der Waals surface area contributed by atoms with Crippen molar-refractivity contribution in [2.24, 2.45) is 11.1 Å². The van der Waals surface area contributed by atoms with Gasteiger partial charge >= 0.3 is 0 Å². The van der Waals surface area contributed by atoms with Gasteiger partial charge in [0.1, 0.15) is 0 Å². The van der Waals surface area contributed by atoms with Crippen molar-refractivity contribution >= 4 is 5.91 Å². The van der Waals surface area contributed by atoms with Crippen molar-refractivity contribution in [1.82, 2.24) is 0 Å². The quantitative estimate of drug-likeness (QED) is 0.577. The van der Waals surface area contributed by atoms with Crippen molar-refractivity contribution in [2.45, 2.75) is 45.4 Å². The maximum Gasteiger partial charge on any atom is 0.223 e. The second-order valence-corrected chi connectivity index (χ2v) is 3.84. The first-order chi connectivity index (χ1) is 5.15. The molecule has 1 amide bonds. The molecule has 2 N–H and O–H groups in total. The van der Waals surface area contributed by atoms with Gasteiger partial charge in [-0.2, -0.15) is 0 Å². The monoisotopic (exact) mass is 155 g/mol. The molecule has 1 fully saturated rings. The van der Waals surface area contributed by atoms with Crippen molar-refractivity contribution in [3.8, 4) is 0 Å². The van der Waals surface area contributed by atoms with E-state index in [-0.39, 0.29) is 11.3 Å². The molecule has 0 saturated heterocycles. The number of amides is 1. The number of carbonyl (C=O) groups excluding carboxylic acids is 1. The molecule has 0 atom stereocenters. The van der Waals surface area contributed by atoms with Crippen molar-refractivity contribution in [3.05, 3.63) is 0 Å². The molecule has 0 unspecified atom stereocenters. The van der Waals surface area contributed by atoms with Gasteiger partial charge in [0.15, 0.2) is 0 Å². The second-order valence-electron chi connectivity index (χ2n) is 3.84. The summed E-state index contributed by atoms with van der Waals surface area (Å²) in [6.45, 7) is 2.00. The topological polar surface area (TPSA) is 43.1 Å². The zero-order valence-corrected chi connectivity index (χ0v) is 7.23. The summed E-state index contributed by atoms with van der Waals surface area (Å²) in [4.78, 5) is 11.1. The third-order valence-corrected chi connectivity index (χ3v) is 2.80. The molecule has 0 radical (unpaired) electrons. The summed E-state index contributed by atoms with van der Waals surface area (Å²) in [6.07, 6.45) is 6.84. The van der Waals surface area contributed by atoms with Crippen LogP contribution in [0.25, 0.3) is 0 Å². The summed E-state index contributed by atoms with van der Waals surface area (Å²) in [5.41, 5.74) is 5.13. The Morgan fingerprint density at radius 1 is 1.18 bits per heavy atom. The molecule has 0 aromatic rings. The van der Waals surface area contributed by atoms with Crippen molar-refractivity contribution < 1.29 is 4.79 Å². The van der Waals surface area contributed by atoms with E-state index >= 15 is 0 Å². The predicted molar refractivity (Wildman–Crippen MR) is 45.0 cm³/mol. The second kappa shape index (κ2) is 3.24. The van der Waals surface area contributed by atoms with E-state index in [1.807, 2.05) is 6.92 Å². The highest BCUT2D eigenvalue weighted by atomic mass is 16.1. The molecule has 2 heteroatoms. The van der Waals surface area contributed by atoms with Crippen LogP contribution in [0.15, 0.2) is 0 Å². The smallest absolute Gasteiger partial charge is 0.223 e. The molecule has 1 aliphatic rings. The summed E-state index contributed by atoms with van der Waals surface area (Å²) in [5.74, 6) is -0.112. The molecule has 0 aromatic carbocycles. The molecular weight excluding hydrogens is 138 g/mol. The molecule has 2 nitrogen and oxygen atoms in total. The molecule has 0 spiro atoms. The molecule has 0 aliphatic heterocycles. The fraction of sp³-hybridized carbons (Fsp3) is 0.889.